The smallest absolute Gasteiger partial charge is 0.353 e. The van der Waals surface area contributed by atoms with Crippen LogP contribution in [0.5, 0.6) is 0 Å². The van der Waals surface area contributed by atoms with Crippen LogP contribution in [0.15, 0.2) is 30.6 Å². The van der Waals surface area contributed by atoms with Crippen molar-refractivity contribution in [3.8, 4) is 0 Å². The van der Waals surface area contributed by atoms with Crippen LogP contribution in [0.2, 0.25) is 0 Å². The first-order chi connectivity index (χ1) is 11.1. The third-order valence-electron chi connectivity index (χ3n) is 3.79. The molecule has 0 atom stereocenters. The Morgan fingerprint density at radius 1 is 1.13 bits per heavy atom. The van der Waals surface area contributed by atoms with E-state index in [0.29, 0.717) is 31.9 Å². The lowest BCUT2D eigenvalue weighted by Gasteiger charge is -2.36. The van der Waals surface area contributed by atoms with E-state index in [1.54, 1.807) is 23.1 Å². The molecule has 0 radical (unpaired) electrons. The summed E-state index contributed by atoms with van der Waals surface area (Å²) in [6, 6.07) is 6.55. The lowest BCUT2D eigenvalue weighted by Crippen LogP contribution is -2.47. The number of hydrogen-bond acceptors (Lipinski definition) is 7. The van der Waals surface area contributed by atoms with Crippen LogP contribution in [0.4, 0.5) is 27.4 Å². The molecule has 0 aliphatic carbocycles. The summed E-state index contributed by atoms with van der Waals surface area (Å²) < 4.78 is 13.8. The molecule has 1 aromatic heterocycles. The van der Waals surface area contributed by atoms with Gasteiger partial charge in [0.25, 0.3) is 0 Å². The van der Waals surface area contributed by atoms with Gasteiger partial charge in [0, 0.05) is 26.2 Å². The van der Waals surface area contributed by atoms with Gasteiger partial charge in [-0.15, -0.1) is 0 Å². The summed E-state index contributed by atoms with van der Waals surface area (Å²) in [6.45, 7) is 2.02. The third kappa shape index (κ3) is 2.85. The number of halogens is 1. The van der Waals surface area contributed by atoms with Gasteiger partial charge in [-0.3, -0.25) is 10.1 Å². The minimum absolute atomic E-state index is 0.156. The van der Waals surface area contributed by atoms with Gasteiger partial charge >= 0.3 is 5.69 Å². The zero-order chi connectivity index (χ0) is 16.4. The van der Waals surface area contributed by atoms with Crippen molar-refractivity contribution in [2.75, 3.05) is 41.7 Å². The van der Waals surface area contributed by atoms with Crippen LogP contribution in [0.25, 0.3) is 0 Å². The van der Waals surface area contributed by atoms with Crippen molar-refractivity contribution in [3.05, 3.63) is 46.5 Å². The van der Waals surface area contributed by atoms with E-state index in [1.165, 1.54) is 12.4 Å². The highest BCUT2D eigenvalue weighted by Gasteiger charge is 2.28. The Morgan fingerprint density at radius 2 is 1.78 bits per heavy atom. The van der Waals surface area contributed by atoms with Crippen LogP contribution in [0.3, 0.4) is 0 Å². The summed E-state index contributed by atoms with van der Waals surface area (Å²) in [5, 5.41) is 11.2. The second-order valence-electron chi connectivity index (χ2n) is 5.11. The maximum atomic E-state index is 13.8. The van der Waals surface area contributed by atoms with Crippen LogP contribution >= 0.6 is 0 Å². The number of nitrogen functional groups attached to an aromatic ring is 1. The van der Waals surface area contributed by atoms with Crippen LogP contribution in [0, 0.1) is 15.9 Å². The number of piperazine rings is 1. The van der Waals surface area contributed by atoms with E-state index in [-0.39, 0.29) is 23.1 Å². The predicted octanol–water partition coefficient (Wildman–Crippen LogP) is 1.43. The van der Waals surface area contributed by atoms with Crippen molar-refractivity contribution in [2.24, 2.45) is 0 Å². The van der Waals surface area contributed by atoms with Gasteiger partial charge < -0.3 is 15.5 Å². The molecule has 1 aliphatic rings. The van der Waals surface area contributed by atoms with E-state index in [0.717, 1.165) is 0 Å². The summed E-state index contributed by atoms with van der Waals surface area (Å²) in [7, 11) is 0. The van der Waals surface area contributed by atoms with Gasteiger partial charge in [-0.2, -0.15) is 0 Å². The molecule has 0 unspecified atom stereocenters. The van der Waals surface area contributed by atoms with E-state index >= 15 is 0 Å². The minimum atomic E-state index is -0.575. The predicted molar refractivity (Wildman–Crippen MR) is 83.9 cm³/mol. The van der Waals surface area contributed by atoms with Crippen molar-refractivity contribution in [1.29, 1.82) is 0 Å². The maximum Gasteiger partial charge on any atom is 0.353 e. The fraction of sp³-hybridized carbons (Fsp3) is 0.286. The molecular formula is C14H15FN6O2. The zero-order valence-electron chi connectivity index (χ0n) is 12.2. The van der Waals surface area contributed by atoms with Gasteiger partial charge in [-0.05, 0) is 12.1 Å². The highest BCUT2D eigenvalue weighted by Crippen LogP contribution is 2.31. The molecule has 9 heteroatoms. The number of anilines is 3. The van der Waals surface area contributed by atoms with Crippen molar-refractivity contribution >= 4 is 23.0 Å². The van der Waals surface area contributed by atoms with Gasteiger partial charge in [0.1, 0.15) is 12.1 Å². The quantitative estimate of drug-likeness (QED) is 0.674. The largest absolute Gasteiger partial charge is 0.378 e. The number of para-hydroxylation sites is 1. The Bertz CT molecular complexity index is 733. The van der Waals surface area contributed by atoms with Crippen LogP contribution in [0.1, 0.15) is 0 Å². The molecule has 0 spiro atoms. The SMILES string of the molecule is Nc1ncnc(N2CCN(c3ccccc3F)CC2)c1[N+](=O)[O-]. The average Bonchev–Trinajstić information content (AvgIpc) is 2.55. The lowest BCUT2D eigenvalue weighted by atomic mass is 10.2. The summed E-state index contributed by atoms with van der Waals surface area (Å²) in [4.78, 5) is 21.9. The maximum absolute atomic E-state index is 13.8. The summed E-state index contributed by atoms with van der Waals surface area (Å²) in [5.74, 6) is -0.231. The van der Waals surface area contributed by atoms with E-state index in [4.69, 9.17) is 5.73 Å². The minimum Gasteiger partial charge on any atom is -0.378 e. The Balaban J connectivity index is 1.79. The van der Waals surface area contributed by atoms with Gasteiger partial charge in [0.05, 0.1) is 10.6 Å². The monoisotopic (exact) mass is 318 g/mol. The topological polar surface area (TPSA) is 101 Å². The summed E-state index contributed by atoms with van der Waals surface area (Å²) >= 11 is 0. The third-order valence-corrected chi connectivity index (χ3v) is 3.79. The summed E-state index contributed by atoms with van der Waals surface area (Å²) in [6.07, 6.45) is 1.21. The molecule has 1 aliphatic heterocycles. The Hall–Kier alpha value is -2.97. The zero-order valence-corrected chi connectivity index (χ0v) is 12.2. The first-order valence-corrected chi connectivity index (χ1v) is 7.07. The number of benzene rings is 1. The van der Waals surface area contributed by atoms with Crippen molar-refractivity contribution in [3.63, 3.8) is 0 Å². The highest BCUT2D eigenvalue weighted by atomic mass is 19.1. The molecule has 0 amide bonds. The molecule has 3 rings (SSSR count). The molecule has 0 saturated carbocycles. The fourth-order valence-corrected chi connectivity index (χ4v) is 2.66. The van der Waals surface area contributed by atoms with E-state index in [2.05, 4.69) is 9.97 Å². The number of rotatable bonds is 3. The molecule has 0 bridgehead atoms. The van der Waals surface area contributed by atoms with E-state index in [1.807, 2.05) is 4.90 Å². The molecule has 2 N–H and O–H groups in total. The van der Waals surface area contributed by atoms with Gasteiger partial charge in [0.15, 0.2) is 0 Å². The molecule has 23 heavy (non-hydrogen) atoms. The standard InChI is InChI=1S/C14H15FN6O2/c15-10-3-1-2-4-11(10)19-5-7-20(8-6-19)14-12(21(22)23)13(16)17-9-18-14/h1-4,9H,5-8H2,(H2,16,17,18). The van der Waals surface area contributed by atoms with E-state index in [9.17, 15) is 14.5 Å². The fourth-order valence-electron chi connectivity index (χ4n) is 2.66. The van der Waals surface area contributed by atoms with Crippen molar-refractivity contribution in [2.45, 2.75) is 0 Å². The average molecular weight is 318 g/mol. The first-order valence-electron chi connectivity index (χ1n) is 7.07. The van der Waals surface area contributed by atoms with Crippen molar-refractivity contribution in [1.82, 2.24) is 9.97 Å². The first kappa shape index (κ1) is 14.9. The molecule has 8 nitrogen and oxygen atoms in total. The van der Waals surface area contributed by atoms with Crippen molar-refractivity contribution < 1.29 is 9.31 Å². The van der Waals surface area contributed by atoms with Crippen LogP contribution in [-0.4, -0.2) is 41.1 Å². The molecule has 120 valence electrons. The van der Waals surface area contributed by atoms with Crippen LogP contribution < -0.4 is 15.5 Å². The van der Waals surface area contributed by atoms with Gasteiger partial charge in [-0.25, -0.2) is 14.4 Å². The number of aromatic nitrogens is 2. The molecular weight excluding hydrogens is 303 g/mol. The number of nitrogens with zero attached hydrogens (tertiary/aromatic N) is 5. The molecule has 1 saturated heterocycles. The second-order valence-corrected chi connectivity index (χ2v) is 5.11. The normalized spacial score (nSPS) is 14.8. The van der Waals surface area contributed by atoms with E-state index < -0.39 is 4.92 Å². The number of hydrogen-bond donors (Lipinski definition) is 1. The van der Waals surface area contributed by atoms with Gasteiger partial charge in [0.2, 0.25) is 11.6 Å². The lowest BCUT2D eigenvalue weighted by molar-refractivity contribution is -0.383. The van der Waals surface area contributed by atoms with Gasteiger partial charge in [-0.1, -0.05) is 12.1 Å². The Morgan fingerprint density at radius 3 is 2.43 bits per heavy atom. The second kappa shape index (κ2) is 6.03. The molecule has 2 aromatic rings. The molecule has 2 heterocycles. The molecule has 1 fully saturated rings. The number of nitro groups is 1. The molecule has 1 aromatic carbocycles. The highest BCUT2D eigenvalue weighted by molar-refractivity contribution is 5.68. The van der Waals surface area contributed by atoms with Crippen LogP contribution in [-0.2, 0) is 0 Å². The Labute approximate surface area is 131 Å². The Kier molecular flexibility index (Phi) is 3.92. The summed E-state index contributed by atoms with van der Waals surface area (Å²) in [5.41, 5.74) is 5.83. The number of nitrogens with two attached hydrogens (primary N) is 1.